The second kappa shape index (κ2) is 3.13. The van der Waals surface area contributed by atoms with Crippen LogP contribution in [0.15, 0.2) is 30.6 Å². The van der Waals surface area contributed by atoms with Gasteiger partial charge in [-0.2, -0.15) is 0 Å². The monoisotopic (exact) mass is 205 g/mol. The van der Waals surface area contributed by atoms with Crippen LogP contribution in [0, 0.1) is 0 Å². The average Bonchev–Trinajstić information content (AvgIpc) is 2.59. The number of hydrogen-bond donors (Lipinski definition) is 2. The zero-order valence-corrected chi connectivity index (χ0v) is 7.54. The molecule has 2 aromatic heterocycles. The van der Waals surface area contributed by atoms with Gasteiger partial charge in [0.2, 0.25) is 0 Å². The lowest BCUT2D eigenvalue weighted by molar-refractivity contribution is 0.0686. The summed E-state index contributed by atoms with van der Waals surface area (Å²) in [5.74, 6) is -2.07. The summed E-state index contributed by atoms with van der Waals surface area (Å²) in [7, 11) is 0. The number of hydrogen-bond acceptors (Lipinski definition) is 2. The van der Waals surface area contributed by atoms with Crippen LogP contribution < -0.4 is 0 Å². The first-order valence-corrected chi connectivity index (χ1v) is 4.16. The SMILES string of the molecule is O=C(O)c1ccc2cc(C(=O)O)cn2c1. The number of fused-ring (bicyclic) bond motifs is 1. The summed E-state index contributed by atoms with van der Waals surface area (Å²) in [6.45, 7) is 0. The summed E-state index contributed by atoms with van der Waals surface area (Å²) >= 11 is 0. The molecule has 15 heavy (non-hydrogen) atoms. The maximum atomic E-state index is 10.7. The molecule has 0 fully saturated rings. The summed E-state index contributed by atoms with van der Waals surface area (Å²) in [6.07, 6.45) is 2.76. The number of carbonyl (C=O) groups is 2. The van der Waals surface area contributed by atoms with Crippen molar-refractivity contribution in [1.29, 1.82) is 0 Å². The number of rotatable bonds is 2. The van der Waals surface area contributed by atoms with E-state index < -0.39 is 11.9 Å². The third-order valence-electron chi connectivity index (χ3n) is 2.09. The molecule has 0 saturated carbocycles. The van der Waals surface area contributed by atoms with Crippen LogP contribution in [-0.4, -0.2) is 26.6 Å². The smallest absolute Gasteiger partial charge is 0.337 e. The average molecular weight is 205 g/mol. The number of pyridine rings is 1. The highest BCUT2D eigenvalue weighted by atomic mass is 16.4. The molecule has 0 saturated heterocycles. The van der Waals surface area contributed by atoms with E-state index in [0.717, 1.165) is 0 Å². The molecule has 0 aliphatic heterocycles. The van der Waals surface area contributed by atoms with Gasteiger partial charge in [0.05, 0.1) is 11.1 Å². The molecular weight excluding hydrogens is 198 g/mol. The zero-order chi connectivity index (χ0) is 11.0. The Hall–Kier alpha value is -2.30. The molecule has 2 aromatic rings. The molecule has 0 aromatic carbocycles. The fraction of sp³-hybridized carbons (Fsp3) is 0. The van der Waals surface area contributed by atoms with Crippen molar-refractivity contribution in [1.82, 2.24) is 4.40 Å². The van der Waals surface area contributed by atoms with Crippen LogP contribution in [0.25, 0.3) is 5.52 Å². The minimum absolute atomic E-state index is 0.120. The van der Waals surface area contributed by atoms with E-state index in [1.54, 1.807) is 6.07 Å². The van der Waals surface area contributed by atoms with Gasteiger partial charge in [0.15, 0.2) is 0 Å². The van der Waals surface area contributed by atoms with Gasteiger partial charge in [0.1, 0.15) is 0 Å². The Morgan fingerprint density at radius 3 is 2.20 bits per heavy atom. The molecule has 2 rings (SSSR count). The summed E-state index contributed by atoms with van der Waals surface area (Å²) in [6, 6.07) is 4.48. The lowest BCUT2D eigenvalue weighted by atomic mass is 10.2. The van der Waals surface area contributed by atoms with Crippen molar-refractivity contribution < 1.29 is 19.8 Å². The summed E-state index contributed by atoms with van der Waals surface area (Å²) in [5.41, 5.74) is 0.907. The van der Waals surface area contributed by atoms with Crippen LogP contribution in [0.4, 0.5) is 0 Å². The van der Waals surface area contributed by atoms with Gasteiger partial charge in [-0.25, -0.2) is 9.59 Å². The van der Waals surface area contributed by atoms with Crippen molar-refractivity contribution in [3.63, 3.8) is 0 Å². The fourth-order valence-corrected chi connectivity index (χ4v) is 1.35. The molecule has 0 atom stereocenters. The first-order chi connectivity index (χ1) is 7.08. The van der Waals surface area contributed by atoms with E-state index in [1.807, 2.05) is 0 Å². The molecule has 0 bridgehead atoms. The Morgan fingerprint density at radius 2 is 1.60 bits per heavy atom. The van der Waals surface area contributed by atoms with E-state index in [9.17, 15) is 9.59 Å². The topological polar surface area (TPSA) is 79.0 Å². The molecule has 76 valence electrons. The third-order valence-corrected chi connectivity index (χ3v) is 2.09. The molecular formula is C10H7NO4. The first kappa shape index (κ1) is 9.26. The first-order valence-electron chi connectivity index (χ1n) is 4.16. The van der Waals surface area contributed by atoms with Gasteiger partial charge in [0, 0.05) is 17.9 Å². The molecule has 0 spiro atoms. The number of carboxylic acids is 2. The summed E-state index contributed by atoms with van der Waals surface area (Å²) < 4.78 is 1.48. The van der Waals surface area contributed by atoms with Crippen LogP contribution in [-0.2, 0) is 0 Å². The van der Waals surface area contributed by atoms with E-state index in [4.69, 9.17) is 10.2 Å². The Morgan fingerprint density at radius 1 is 1.00 bits per heavy atom. The Kier molecular flexibility index (Phi) is 1.93. The second-order valence-electron chi connectivity index (χ2n) is 3.09. The van der Waals surface area contributed by atoms with Gasteiger partial charge in [-0.1, -0.05) is 0 Å². The van der Waals surface area contributed by atoms with Crippen molar-refractivity contribution >= 4 is 17.5 Å². The van der Waals surface area contributed by atoms with Crippen LogP contribution in [0.2, 0.25) is 0 Å². The Bertz CT molecular complexity index is 544. The van der Waals surface area contributed by atoms with Crippen molar-refractivity contribution in [2.24, 2.45) is 0 Å². The fourth-order valence-electron chi connectivity index (χ4n) is 1.35. The highest BCUT2D eigenvalue weighted by Crippen LogP contribution is 2.11. The van der Waals surface area contributed by atoms with Crippen LogP contribution >= 0.6 is 0 Å². The lowest BCUT2D eigenvalue weighted by Gasteiger charge is -1.96. The maximum absolute atomic E-state index is 10.7. The van der Waals surface area contributed by atoms with Crippen LogP contribution in [0.1, 0.15) is 20.7 Å². The predicted molar refractivity (Wildman–Crippen MR) is 51.3 cm³/mol. The predicted octanol–water partition coefficient (Wildman–Crippen LogP) is 1.34. The number of aromatic nitrogens is 1. The number of nitrogens with zero attached hydrogens (tertiary/aromatic N) is 1. The summed E-state index contributed by atoms with van der Waals surface area (Å²) in [4.78, 5) is 21.3. The molecule has 2 N–H and O–H groups in total. The third kappa shape index (κ3) is 1.54. The van der Waals surface area contributed by atoms with Crippen molar-refractivity contribution in [2.75, 3.05) is 0 Å². The van der Waals surface area contributed by atoms with Crippen molar-refractivity contribution in [3.05, 3.63) is 41.7 Å². The normalized spacial score (nSPS) is 10.4. The number of carboxylic acid groups (broad SMARTS) is 2. The van der Waals surface area contributed by atoms with Crippen LogP contribution in [0.3, 0.4) is 0 Å². The van der Waals surface area contributed by atoms with Gasteiger partial charge in [-0.05, 0) is 18.2 Å². The van der Waals surface area contributed by atoms with E-state index in [0.29, 0.717) is 5.52 Å². The highest BCUT2D eigenvalue weighted by Gasteiger charge is 2.08. The standard InChI is InChI=1S/C10H7NO4/c12-9(13)6-1-2-8-3-7(10(14)15)5-11(8)4-6/h1-5H,(H,12,13)(H,14,15). The molecule has 5 heteroatoms. The minimum atomic E-state index is -1.04. The zero-order valence-electron chi connectivity index (χ0n) is 7.54. The van der Waals surface area contributed by atoms with Crippen molar-refractivity contribution in [2.45, 2.75) is 0 Å². The second-order valence-corrected chi connectivity index (χ2v) is 3.09. The van der Waals surface area contributed by atoms with Gasteiger partial charge in [0.25, 0.3) is 0 Å². The molecule has 2 heterocycles. The Balaban J connectivity index is 2.62. The van der Waals surface area contributed by atoms with E-state index in [2.05, 4.69) is 0 Å². The van der Waals surface area contributed by atoms with Gasteiger partial charge in [-0.15, -0.1) is 0 Å². The van der Waals surface area contributed by atoms with Gasteiger partial charge < -0.3 is 14.6 Å². The quantitative estimate of drug-likeness (QED) is 0.775. The molecule has 0 amide bonds. The molecule has 0 radical (unpaired) electrons. The van der Waals surface area contributed by atoms with E-state index in [-0.39, 0.29) is 11.1 Å². The maximum Gasteiger partial charge on any atom is 0.337 e. The van der Waals surface area contributed by atoms with E-state index in [1.165, 1.54) is 28.9 Å². The highest BCUT2D eigenvalue weighted by molar-refractivity contribution is 5.91. The van der Waals surface area contributed by atoms with Crippen LogP contribution in [0.5, 0.6) is 0 Å². The summed E-state index contributed by atoms with van der Waals surface area (Å²) in [5, 5.41) is 17.5. The Labute approximate surface area is 84.2 Å². The minimum Gasteiger partial charge on any atom is -0.478 e. The van der Waals surface area contributed by atoms with Crippen molar-refractivity contribution in [3.8, 4) is 0 Å². The largest absolute Gasteiger partial charge is 0.478 e. The lowest BCUT2D eigenvalue weighted by Crippen LogP contribution is -1.97. The number of aromatic carboxylic acids is 2. The molecule has 0 aliphatic carbocycles. The van der Waals surface area contributed by atoms with Gasteiger partial charge in [-0.3, -0.25) is 0 Å². The molecule has 0 aliphatic rings. The molecule has 0 unspecified atom stereocenters. The van der Waals surface area contributed by atoms with E-state index >= 15 is 0 Å². The molecule has 5 nitrogen and oxygen atoms in total. The van der Waals surface area contributed by atoms with Gasteiger partial charge >= 0.3 is 11.9 Å².